The number of rotatable bonds is 7. The lowest BCUT2D eigenvalue weighted by Crippen LogP contribution is -2.34. The van der Waals surface area contributed by atoms with Crippen LogP contribution in [0.15, 0.2) is 60.8 Å². The van der Waals surface area contributed by atoms with Crippen LogP contribution in [-0.2, 0) is 22.9 Å². The van der Waals surface area contributed by atoms with E-state index in [0.29, 0.717) is 29.9 Å². The van der Waals surface area contributed by atoms with Gasteiger partial charge in [0.1, 0.15) is 0 Å². The van der Waals surface area contributed by atoms with Crippen LogP contribution in [0, 0.1) is 0 Å². The van der Waals surface area contributed by atoms with Crippen LogP contribution in [0.5, 0.6) is 0 Å². The number of benzene rings is 2. The zero-order chi connectivity index (χ0) is 28.7. The van der Waals surface area contributed by atoms with E-state index in [2.05, 4.69) is 15.7 Å². The lowest BCUT2D eigenvalue weighted by atomic mass is 9.95. The van der Waals surface area contributed by atoms with E-state index < -0.39 is 23.2 Å². The van der Waals surface area contributed by atoms with Crippen LogP contribution in [0.2, 0.25) is 0 Å². The molecule has 2 aromatic carbocycles. The predicted molar refractivity (Wildman–Crippen MR) is 144 cm³/mol. The highest BCUT2D eigenvalue weighted by molar-refractivity contribution is 6.00. The maximum atomic E-state index is 13.0. The van der Waals surface area contributed by atoms with Gasteiger partial charge in [0.25, 0.3) is 0 Å². The number of amides is 3. The van der Waals surface area contributed by atoms with E-state index in [-0.39, 0.29) is 24.7 Å². The maximum absolute atomic E-state index is 13.0. The van der Waals surface area contributed by atoms with Crippen molar-refractivity contribution in [1.82, 2.24) is 19.7 Å². The van der Waals surface area contributed by atoms with Crippen molar-refractivity contribution in [3.05, 3.63) is 72.1 Å². The van der Waals surface area contributed by atoms with Crippen LogP contribution in [0.1, 0.15) is 24.1 Å². The van der Waals surface area contributed by atoms with Gasteiger partial charge in [0.15, 0.2) is 5.65 Å². The molecule has 0 unspecified atom stereocenters. The van der Waals surface area contributed by atoms with E-state index in [9.17, 15) is 27.9 Å². The van der Waals surface area contributed by atoms with Crippen molar-refractivity contribution in [3.8, 4) is 11.1 Å². The van der Waals surface area contributed by atoms with Crippen LogP contribution < -0.4 is 10.6 Å². The first kappa shape index (κ1) is 27.1. The first-order valence-corrected chi connectivity index (χ1v) is 12.6. The molecule has 0 aliphatic heterocycles. The zero-order valence-corrected chi connectivity index (χ0v) is 21.8. The Morgan fingerprint density at radius 1 is 1.05 bits per heavy atom. The summed E-state index contributed by atoms with van der Waals surface area (Å²) in [6, 6.07) is 12.5. The number of hydrogen-bond donors (Lipinski definition) is 3. The maximum Gasteiger partial charge on any atom is 0.416 e. The summed E-state index contributed by atoms with van der Waals surface area (Å²) in [4.78, 5) is 31.8. The molecule has 1 aliphatic carbocycles. The molecule has 4 aromatic rings. The van der Waals surface area contributed by atoms with E-state index in [4.69, 9.17) is 4.98 Å². The van der Waals surface area contributed by atoms with E-state index in [1.165, 1.54) is 12.1 Å². The van der Waals surface area contributed by atoms with E-state index in [0.717, 1.165) is 28.6 Å². The van der Waals surface area contributed by atoms with Gasteiger partial charge in [0, 0.05) is 30.9 Å². The number of fused-ring (bicyclic) bond motifs is 1. The van der Waals surface area contributed by atoms with Gasteiger partial charge in [-0.25, -0.2) is 14.5 Å². The van der Waals surface area contributed by atoms with E-state index in [1.54, 1.807) is 54.1 Å². The normalized spacial score (nSPS) is 14.2. The van der Waals surface area contributed by atoms with Crippen LogP contribution >= 0.6 is 0 Å². The number of aromatic nitrogens is 3. The highest BCUT2D eigenvalue weighted by atomic mass is 19.4. The molecular weight excluding hydrogens is 525 g/mol. The highest BCUT2D eigenvalue weighted by Crippen LogP contribution is 2.50. The molecule has 12 heteroatoms. The Hall–Kier alpha value is -4.45. The molecule has 3 amide bonds. The molecule has 1 saturated carbocycles. The molecule has 40 heavy (non-hydrogen) atoms. The molecule has 1 fully saturated rings. The first-order chi connectivity index (χ1) is 19.0. The molecule has 1 aliphatic rings. The second-order valence-corrected chi connectivity index (χ2v) is 9.90. The van der Waals surface area contributed by atoms with Crippen molar-refractivity contribution in [2.75, 3.05) is 31.3 Å². The Bertz CT molecular complexity index is 1580. The summed E-state index contributed by atoms with van der Waals surface area (Å²) in [6.07, 6.45) is -1.49. The molecule has 0 radical (unpaired) electrons. The lowest BCUT2D eigenvalue weighted by molar-refractivity contribution is -0.137. The molecule has 2 aromatic heterocycles. The van der Waals surface area contributed by atoms with Crippen LogP contribution in [-0.4, -0.2) is 57.4 Å². The molecule has 0 atom stereocenters. The number of carbonyl (C=O) groups excluding carboxylic acids is 2. The number of halogens is 3. The molecule has 9 nitrogen and oxygen atoms in total. The zero-order valence-electron chi connectivity index (χ0n) is 21.8. The fourth-order valence-electron chi connectivity index (χ4n) is 4.72. The number of likely N-dealkylation sites (N-methyl/N-ethyl adjacent to an activating group) is 1. The highest BCUT2D eigenvalue weighted by Gasteiger charge is 2.53. The Balaban J connectivity index is 1.42. The molecule has 5 rings (SSSR count). The minimum Gasteiger partial charge on any atom is -0.394 e. The average molecular weight is 553 g/mol. The van der Waals surface area contributed by atoms with Gasteiger partial charge in [-0.1, -0.05) is 18.2 Å². The topological polar surface area (TPSA) is 112 Å². The number of nitrogens with zero attached hydrogens (tertiary/aromatic N) is 4. The smallest absolute Gasteiger partial charge is 0.394 e. The van der Waals surface area contributed by atoms with Crippen molar-refractivity contribution in [1.29, 1.82) is 0 Å². The minimum atomic E-state index is -4.52. The molecule has 208 valence electrons. The summed E-state index contributed by atoms with van der Waals surface area (Å²) in [5.41, 5.74) is 1.64. The van der Waals surface area contributed by atoms with Gasteiger partial charge in [-0.3, -0.25) is 4.79 Å². The second kappa shape index (κ2) is 10.3. The average Bonchev–Trinajstić information content (AvgIpc) is 3.63. The van der Waals surface area contributed by atoms with Gasteiger partial charge in [-0.15, -0.1) is 0 Å². The Labute approximate surface area is 227 Å². The van der Waals surface area contributed by atoms with Crippen molar-refractivity contribution in [3.63, 3.8) is 0 Å². The molecule has 0 bridgehead atoms. The van der Waals surface area contributed by atoms with Crippen molar-refractivity contribution < 1.29 is 27.9 Å². The van der Waals surface area contributed by atoms with E-state index in [1.807, 2.05) is 6.07 Å². The SMILES string of the molecule is CN(C)C(=O)C1(c2cc(-c3ccc(NC(=O)Nc4cccc(C(F)(F)F)c4)cc3)c3cnn(CCO)c3n2)CC1. The monoisotopic (exact) mass is 552 g/mol. The van der Waals surface area contributed by atoms with Gasteiger partial charge < -0.3 is 20.6 Å². The third-order valence-electron chi connectivity index (χ3n) is 6.88. The Kier molecular flexibility index (Phi) is 6.96. The van der Waals surface area contributed by atoms with Gasteiger partial charge in [-0.05, 0) is 60.4 Å². The first-order valence-electron chi connectivity index (χ1n) is 12.6. The largest absolute Gasteiger partial charge is 0.416 e. The Morgan fingerprint density at radius 2 is 1.75 bits per heavy atom. The number of urea groups is 1. The van der Waals surface area contributed by atoms with Crippen LogP contribution in [0.4, 0.5) is 29.3 Å². The van der Waals surface area contributed by atoms with Gasteiger partial charge in [0.05, 0.1) is 36.0 Å². The fraction of sp³-hybridized carbons (Fsp3) is 0.286. The van der Waals surface area contributed by atoms with Crippen LogP contribution in [0.3, 0.4) is 0 Å². The summed E-state index contributed by atoms with van der Waals surface area (Å²) < 4.78 is 40.5. The standard InChI is InChI=1S/C28H27F3N6O3/c1-36(2)25(39)27(10-11-27)23-15-21(22-16-32-37(12-13-38)24(22)35-23)17-6-8-19(9-7-17)33-26(40)34-20-5-3-4-18(14-20)28(29,30)31/h3-9,14-16,38H,10-13H2,1-2H3,(H2,33,34,40). The summed E-state index contributed by atoms with van der Waals surface area (Å²) in [6.45, 7) is 0.126. The number of pyridine rings is 1. The summed E-state index contributed by atoms with van der Waals surface area (Å²) >= 11 is 0. The van der Waals surface area contributed by atoms with Gasteiger partial charge in [0.2, 0.25) is 5.91 Å². The van der Waals surface area contributed by atoms with Crippen molar-refractivity contribution in [2.24, 2.45) is 0 Å². The van der Waals surface area contributed by atoms with Crippen LogP contribution in [0.25, 0.3) is 22.2 Å². The summed E-state index contributed by atoms with van der Waals surface area (Å²) in [5, 5.41) is 19.6. The molecule has 2 heterocycles. The summed E-state index contributed by atoms with van der Waals surface area (Å²) in [7, 11) is 3.43. The third-order valence-corrected chi connectivity index (χ3v) is 6.88. The number of nitrogens with one attached hydrogen (secondary N) is 2. The summed E-state index contributed by atoms with van der Waals surface area (Å²) in [5.74, 6) is -0.0233. The number of carbonyl (C=O) groups is 2. The van der Waals surface area contributed by atoms with Gasteiger partial charge >= 0.3 is 12.2 Å². The minimum absolute atomic E-state index is 0.0109. The third kappa shape index (κ3) is 5.22. The van der Waals surface area contributed by atoms with Crippen molar-refractivity contribution in [2.45, 2.75) is 31.0 Å². The lowest BCUT2D eigenvalue weighted by Gasteiger charge is -2.20. The molecular formula is C28H27F3N6O3. The van der Waals surface area contributed by atoms with E-state index >= 15 is 0 Å². The second-order valence-electron chi connectivity index (χ2n) is 9.90. The number of hydrogen-bond acceptors (Lipinski definition) is 5. The quantitative estimate of drug-likeness (QED) is 0.303. The molecule has 0 spiro atoms. The number of aliphatic hydroxyl groups excluding tert-OH is 1. The van der Waals surface area contributed by atoms with Gasteiger partial charge in [-0.2, -0.15) is 18.3 Å². The number of alkyl halides is 3. The predicted octanol–water partition coefficient (Wildman–Crippen LogP) is 4.87. The Morgan fingerprint density at radius 3 is 2.38 bits per heavy atom. The van der Waals surface area contributed by atoms with Crippen molar-refractivity contribution >= 4 is 34.3 Å². The molecule has 0 saturated heterocycles. The molecule has 3 N–H and O–H groups in total. The number of aliphatic hydroxyl groups is 1. The number of anilines is 2. The fourth-order valence-corrected chi connectivity index (χ4v) is 4.72.